The van der Waals surface area contributed by atoms with Crippen LogP contribution in [-0.4, -0.2) is 12.6 Å². The van der Waals surface area contributed by atoms with Crippen molar-refractivity contribution in [2.75, 3.05) is 6.61 Å². The van der Waals surface area contributed by atoms with Gasteiger partial charge in [-0.3, -0.25) is 0 Å². The van der Waals surface area contributed by atoms with Crippen LogP contribution in [0.4, 0.5) is 4.79 Å². The molecule has 0 aromatic heterocycles. The maximum Gasteiger partial charge on any atom is 0.315 e. The highest BCUT2D eigenvalue weighted by atomic mass is 16.5. The molecule has 0 aliphatic carbocycles. The molecule has 1 atom stereocenters. The van der Waals surface area contributed by atoms with E-state index in [-0.39, 0.29) is 12.1 Å². The van der Waals surface area contributed by atoms with Crippen LogP contribution in [0.15, 0.2) is 54.6 Å². The standard InChI is InChI=1S/C18H22N2O2/c1-3-22-17-11-9-16(10-12-17)14(2)20-18(21)19-13-15-7-5-4-6-8-15/h4-12,14H,3,13H2,1-2H3,(H2,19,20,21). The molecule has 0 aliphatic heterocycles. The molecular formula is C18H22N2O2. The normalized spacial score (nSPS) is 11.5. The maximum atomic E-state index is 11.9. The lowest BCUT2D eigenvalue weighted by Crippen LogP contribution is -2.36. The Kier molecular flexibility index (Phi) is 5.83. The predicted molar refractivity (Wildman–Crippen MR) is 87.8 cm³/mol. The molecule has 4 nitrogen and oxygen atoms in total. The first kappa shape index (κ1) is 15.9. The summed E-state index contributed by atoms with van der Waals surface area (Å²) in [5.41, 5.74) is 2.12. The van der Waals surface area contributed by atoms with Gasteiger partial charge < -0.3 is 15.4 Å². The van der Waals surface area contributed by atoms with Crippen LogP contribution in [0, 0.1) is 0 Å². The second kappa shape index (κ2) is 8.08. The van der Waals surface area contributed by atoms with Gasteiger partial charge in [0, 0.05) is 6.54 Å². The first-order valence-electron chi connectivity index (χ1n) is 7.50. The fourth-order valence-corrected chi connectivity index (χ4v) is 2.13. The van der Waals surface area contributed by atoms with Gasteiger partial charge in [0.25, 0.3) is 0 Å². The number of carbonyl (C=O) groups is 1. The average Bonchev–Trinajstić information content (AvgIpc) is 2.55. The Hall–Kier alpha value is -2.49. The van der Waals surface area contributed by atoms with Gasteiger partial charge in [0.15, 0.2) is 0 Å². The van der Waals surface area contributed by atoms with Crippen molar-refractivity contribution in [3.8, 4) is 5.75 Å². The zero-order valence-corrected chi connectivity index (χ0v) is 13.0. The summed E-state index contributed by atoms with van der Waals surface area (Å²) >= 11 is 0. The number of carbonyl (C=O) groups excluding carboxylic acids is 1. The Balaban J connectivity index is 1.82. The lowest BCUT2D eigenvalue weighted by Gasteiger charge is -2.15. The summed E-state index contributed by atoms with van der Waals surface area (Å²) in [6.45, 7) is 5.07. The lowest BCUT2D eigenvalue weighted by molar-refractivity contribution is 0.237. The van der Waals surface area contributed by atoms with Gasteiger partial charge >= 0.3 is 6.03 Å². The van der Waals surface area contributed by atoms with Gasteiger partial charge in [0.2, 0.25) is 0 Å². The number of urea groups is 1. The Morgan fingerprint density at radius 1 is 1.09 bits per heavy atom. The third-order valence-electron chi connectivity index (χ3n) is 3.33. The van der Waals surface area contributed by atoms with Gasteiger partial charge in [-0.1, -0.05) is 42.5 Å². The molecule has 2 aromatic rings. The topological polar surface area (TPSA) is 50.4 Å². The Morgan fingerprint density at radius 3 is 2.41 bits per heavy atom. The van der Waals surface area contributed by atoms with Crippen molar-refractivity contribution < 1.29 is 9.53 Å². The molecule has 2 rings (SSSR count). The fourth-order valence-electron chi connectivity index (χ4n) is 2.13. The summed E-state index contributed by atoms with van der Waals surface area (Å²) in [7, 11) is 0. The smallest absolute Gasteiger partial charge is 0.315 e. The number of hydrogen-bond acceptors (Lipinski definition) is 2. The summed E-state index contributed by atoms with van der Waals surface area (Å²) in [5, 5.41) is 5.78. The zero-order valence-electron chi connectivity index (χ0n) is 13.0. The van der Waals surface area contributed by atoms with E-state index in [1.54, 1.807) is 0 Å². The van der Waals surface area contributed by atoms with Crippen molar-refractivity contribution >= 4 is 6.03 Å². The van der Waals surface area contributed by atoms with Crippen molar-refractivity contribution in [1.82, 2.24) is 10.6 Å². The third kappa shape index (κ3) is 4.81. The minimum Gasteiger partial charge on any atom is -0.494 e. The Bertz CT molecular complexity index is 582. The van der Waals surface area contributed by atoms with E-state index in [1.807, 2.05) is 68.4 Å². The molecular weight excluding hydrogens is 276 g/mol. The summed E-state index contributed by atoms with van der Waals surface area (Å²) < 4.78 is 5.41. The molecule has 2 aromatic carbocycles. The van der Waals surface area contributed by atoms with Gasteiger partial charge in [-0.15, -0.1) is 0 Å². The molecule has 0 fully saturated rings. The van der Waals surface area contributed by atoms with E-state index in [4.69, 9.17) is 4.74 Å². The maximum absolute atomic E-state index is 11.9. The minimum atomic E-state index is -0.176. The van der Waals surface area contributed by atoms with Crippen molar-refractivity contribution in [2.24, 2.45) is 0 Å². The van der Waals surface area contributed by atoms with Gasteiger partial charge in [-0.2, -0.15) is 0 Å². The lowest BCUT2D eigenvalue weighted by atomic mass is 10.1. The quantitative estimate of drug-likeness (QED) is 0.855. The van der Waals surface area contributed by atoms with Crippen LogP contribution in [0.25, 0.3) is 0 Å². The van der Waals surface area contributed by atoms with Gasteiger partial charge in [0.1, 0.15) is 5.75 Å². The second-order valence-corrected chi connectivity index (χ2v) is 5.04. The molecule has 116 valence electrons. The zero-order chi connectivity index (χ0) is 15.8. The Morgan fingerprint density at radius 2 is 1.77 bits per heavy atom. The number of nitrogens with one attached hydrogen (secondary N) is 2. The number of benzene rings is 2. The van der Waals surface area contributed by atoms with Crippen LogP contribution < -0.4 is 15.4 Å². The number of amides is 2. The van der Waals surface area contributed by atoms with Crippen LogP contribution in [0.5, 0.6) is 5.75 Å². The van der Waals surface area contributed by atoms with Crippen molar-refractivity contribution in [3.63, 3.8) is 0 Å². The van der Waals surface area contributed by atoms with Gasteiger partial charge in [-0.05, 0) is 37.1 Å². The summed E-state index contributed by atoms with van der Waals surface area (Å²) in [4.78, 5) is 11.9. The van der Waals surface area contributed by atoms with E-state index < -0.39 is 0 Å². The van der Waals surface area contributed by atoms with E-state index in [1.165, 1.54) is 0 Å². The van der Waals surface area contributed by atoms with Gasteiger partial charge in [-0.25, -0.2) is 4.79 Å². The average molecular weight is 298 g/mol. The monoisotopic (exact) mass is 298 g/mol. The summed E-state index contributed by atoms with van der Waals surface area (Å²) in [6, 6.07) is 17.4. The van der Waals surface area contributed by atoms with E-state index in [0.29, 0.717) is 13.2 Å². The van der Waals surface area contributed by atoms with Crippen molar-refractivity contribution in [3.05, 3.63) is 65.7 Å². The molecule has 0 radical (unpaired) electrons. The molecule has 4 heteroatoms. The van der Waals surface area contributed by atoms with Crippen LogP contribution in [-0.2, 0) is 6.54 Å². The third-order valence-corrected chi connectivity index (χ3v) is 3.33. The van der Waals surface area contributed by atoms with E-state index in [9.17, 15) is 4.79 Å². The predicted octanol–water partition coefficient (Wildman–Crippen LogP) is 3.65. The molecule has 0 spiro atoms. The highest BCUT2D eigenvalue weighted by Crippen LogP contribution is 2.17. The molecule has 2 amide bonds. The summed E-state index contributed by atoms with van der Waals surface area (Å²) in [6.07, 6.45) is 0. The largest absolute Gasteiger partial charge is 0.494 e. The minimum absolute atomic E-state index is 0.0635. The molecule has 0 heterocycles. The molecule has 22 heavy (non-hydrogen) atoms. The highest BCUT2D eigenvalue weighted by molar-refractivity contribution is 5.74. The second-order valence-electron chi connectivity index (χ2n) is 5.04. The van der Waals surface area contributed by atoms with Crippen LogP contribution in [0.1, 0.15) is 31.0 Å². The fraction of sp³-hybridized carbons (Fsp3) is 0.278. The molecule has 0 saturated heterocycles. The van der Waals surface area contributed by atoms with E-state index >= 15 is 0 Å². The number of rotatable bonds is 6. The van der Waals surface area contributed by atoms with Gasteiger partial charge in [0.05, 0.1) is 12.6 Å². The molecule has 1 unspecified atom stereocenters. The van der Waals surface area contributed by atoms with Crippen LogP contribution in [0.3, 0.4) is 0 Å². The summed E-state index contributed by atoms with van der Waals surface area (Å²) in [5.74, 6) is 0.840. The molecule has 0 saturated carbocycles. The van der Waals surface area contributed by atoms with E-state index in [2.05, 4.69) is 10.6 Å². The SMILES string of the molecule is CCOc1ccc(C(C)NC(=O)NCc2ccccc2)cc1. The van der Waals surface area contributed by atoms with Crippen molar-refractivity contribution in [2.45, 2.75) is 26.4 Å². The first-order chi connectivity index (χ1) is 10.7. The van der Waals surface area contributed by atoms with Crippen LogP contribution >= 0.6 is 0 Å². The molecule has 0 bridgehead atoms. The highest BCUT2D eigenvalue weighted by Gasteiger charge is 2.09. The number of hydrogen-bond donors (Lipinski definition) is 2. The first-order valence-corrected chi connectivity index (χ1v) is 7.50. The Labute approximate surface area is 131 Å². The number of ether oxygens (including phenoxy) is 1. The molecule has 0 aliphatic rings. The van der Waals surface area contributed by atoms with E-state index in [0.717, 1.165) is 16.9 Å². The van der Waals surface area contributed by atoms with Crippen molar-refractivity contribution in [1.29, 1.82) is 0 Å². The van der Waals surface area contributed by atoms with Crippen LogP contribution in [0.2, 0.25) is 0 Å². The molecule has 2 N–H and O–H groups in total.